The fraction of sp³-hybridized carbons (Fsp3) is 0.286. The second-order valence-corrected chi connectivity index (χ2v) is 2.18. The third-order valence-corrected chi connectivity index (χ3v) is 1.50. The molecule has 11 heavy (non-hydrogen) atoms. The van der Waals surface area contributed by atoms with Crippen LogP contribution < -0.4 is 4.74 Å². The smallest absolute Gasteiger partial charge is 0.213 e. The van der Waals surface area contributed by atoms with Gasteiger partial charge in [-0.25, -0.2) is 4.98 Å². The highest BCUT2D eigenvalue weighted by atomic mass is 35.5. The van der Waals surface area contributed by atoms with Crippen LogP contribution in [0, 0.1) is 5.95 Å². The van der Waals surface area contributed by atoms with E-state index in [0.717, 1.165) is 0 Å². The van der Waals surface area contributed by atoms with Crippen LogP contribution in [0.25, 0.3) is 0 Å². The summed E-state index contributed by atoms with van der Waals surface area (Å²) in [4.78, 5) is 3.54. The van der Waals surface area contributed by atoms with Crippen molar-refractivity contribution in [3.05, 3.63) is 23.8 Å². The summed E-state index contributed by atoms with van der Waals surface area (Å²) in [6, 6.07) is 2.73. The summed E-state index contributed by atoms with van der Waals surface area (Å²) in [6.07, 6.45) is 0. The van der Waals surface area contributed by atoms with Gasteiger partial charge < -0.3 is 4.74 Å². The molecule has 1 aromatic heterocycles. The number of alkyl halides is 1. The molecule has 60 valence electrons. The summed E-state index contributed by atoms with van der Waals surface area (Å²) >= 11 is 5.47. The van der Waals surface area contributed by atoms with Gasteiger partial charge in [-0.05, 0) is 12.1 Å². The van der Waals surface area contributed by atoms with Crippen molar-refractivity contribution in [2.24, 2.45) is 0 Å². The second-order valence-electron chi connectivity index (χ2n) is 1.92. The van der Waals surface area contributed by atoms with Gasteiger partial charge >= 0.3 is 0 Å². The van der Waals surface area contributed by atoms with Gasteiger partial charge in [0.1, 0.15) is 11.4 Å². The molecule has 0 saturated heterocycles. The van der Waals surface area contributed by atoms with Crippen molar-refractivity contribution in [2.45, 2.75) is 5.88 Å². The number of hydrogen-bond acceptors (Lipinski definition) is 2. The lowest BCUT2D eigenvalue weighted by atomic mass is 10.3. The quantitative estimate of drug-likeness (QED) is 0.507. The minimum atomic E-state index is -0.540. The van der Waals surface area contributed by atoms with Gasteiger partial charge in [-0.15, -0.1) is 11.6 Å². The molecular formula is C7H7ClFNO. The van der Waals surface area contributed by atoms with E-state index in [9.17, 15) is 4.39 Å². The number of aromatic nitrogens is 1. The van der Waals surface area contributed by atoms with Crippen LogP contribution in [0.5, 0.6) is 5.75 Å². The molecule has 1 rings (SSSR count). The summed E-state index contributed by atoms with van der Waals surface area (Å²) in [5.74, 6) is 0.129. The lowest BCUT2D eigenvalue weighted by molar-refractivity contribution is 0.405. The molecule has 0 fully saturated rings. The van der Waals surface area contributed by atoms with Gasteiger partial charge in [-0.1, -0.05) is 0 Å². The summed E-state index contributed by atoms with van der Waals surface area (Å²) in [5.41, 5.74) is 0.425. The predicted octanol–water partition coefficient (Wildman–Crippen LogP) is 1.97. The maximum atomic E-state index is 12.4. The Morgan fingerprint density at radius 1 is 1.64 bits per heavy atom. The number of hydrogen-bond donors (Lipinski definition) is 0. The summed E-state index contributed by atoms with van der Waals surface area (Å²) in [7, 11) is 1.49. The zero-order valence-electron chi connectivity index (χ0n) is 5.97. The van der Waals surface area contributed by atoms with E-state index in [1.54, 1.807) is 0 Å². The zero-order chi connectivity index (χ0) is 8.27. The van der Waals surface area contributed by atoms with Crippen molar-refractivity contribution in [1.29, 1.82) is 0 Å². The standard InChI is InChI=1S/C7H7ClFNO/c1-11-6-2-3-7(9)10-5(6)4-8/h2-3H,4H2,1H3. The molecule has 0 atom stereocenters. The summed E-state index contributed by atoms with van der Waals surface area (Å²) < 4.78 is 17.3. The molecule has 0 aromatic carbocycles. The molecule has 0 amide bonds. The van der Waals surface area contributed by atoms with Gasteiger partial charge in [0.25, 0.3) is 0 Å². The van der Waals surface area contributed by atoms with Crippen LogP contribution in [0.15, 0.2) is 12.1 Å². The Morgan fingerprint density at radius 2 is 2.36 bits per heavy atom. The Kier molecular flexibility index (Phi) is 2.65. The maximum Gasteiger partial charge on any atom is 0.213 e. The number of methoxy groups -OCH3 is 1. The first-order valence-electron chi connectivity index (χ1n) is 3.03. The molecule has 4 heteroatoms. The average Bonchev–Trinajstić information content (AvgIpc) is 2.04. The first-order chi connectivity index (χ1) is 5.27. The Morgan fingerprint density at radius 3 is 2.91 bits per heavy atom. The Hall–Kier alpha value is -0.830. The Bertz CT molecular complexity index is 254. The lowest BCUT2D eigenvalue weighted by Crippen LogP contribution is -1.94. The van der Waals surface area contributed by atoms with Crippen molar-refractivity contribution in [3.8, 4) is 5.75 Å². The molecule has 0 aliphatic carbocycles. The monoisotopic (exact) mass is 175 g/mol. The van der Waals surface area contributed by atoms with Gasteiger partial charge in [0.05, 0.1) is 13.0 Å². The van der Waals surface area contributed by atoms with Gasteiger partial charge in [-0.2, -0.15) is 4.39 Å². The van der Waals surface area contributed by atoms with E-state index >= 15 is 0 Å². The van der Waals surface area contributed by atoms with Crippen LogP contribution in [0.3, 0.4) is 0 Å². The number of rotatable bonds is 2. The topological polar surface area (TPSA) is 22.1 Å². The van der Waals surface area contributed by atoms with Crippen molar-refractivity contribution in [1.82, 2.24) is 4.98 Å². The highest BCUT2D eigenvalue weighted by molar-refractivity contribution is 6.17. The lowest BCUT2D eigenvalue weighted by Gasteiger charge is -2.02. The number of pyridine rings is 1. The van der Waals surface area contributed by atoms with Crippen molar-refractivity contribution in [2.75, 3.05) is 7.11 Å². The van der Waals surface area contributed by atoms with Crippen LogP contribution in [0.4, 0.5) is 4.39 Å². The molecule has 0 unspecified atom stereocenters. The van der Waals surface area contributed by atoms with Gasteiger partial charge in [0, 0.05) is 0 Å². The van der Waals surface area contributed by atoms with E-state index in [-0.39, 0.29) is 5.88 Å². The molecule has 1 heterocycles. The molecular weight excluding hydrogens is 169 g/mol. The Labute approximate surface area is 69.0 Å². The van der Waals surface area contributed by atoms with Crippen LogP contribution >= 0.6 is 11.6 Å². The number of halogens is 2. The van der Waals surface area contributed by atoms with Crippen molar-refractivity contribution >= 4 is 11.6 Å². The first kappa shape index (κ1) is 8.27. The summed E-state index contributed by atoms with van der Waals surface area (Å²) in [6.45, 7) is 0. The minimum absolute atomic E-state index is 0.154. The molecule has 0 saturated carbocycles. The number of nitrogens with zero attached hydrogens (tertiary/aromatic N) is 1. The molecule has 0 N–H and O–H groups in total. The maximum absolute atomic E-state index is 12.4. The van der Waals surface area contributed by atoms with Gasteiger partial charge in [0.2, 0.25) is 5.95 Å². The molecule has 1 aromatic rings. The van der Waals surface area contributed by atoms with E-state index in [1.165, 1.54) is 19.2 Å². The van der Waals surface area contributed by atoms with Crippen LogP contribution in [-0.2, 0) is 5.88 Å². The molecule has 0 spiro atoms. The van der Waals surface area contributed by atoms with Crippen molar-refractivity contribution < 1.29 is 9.13 Å². The van der Waals surface area contributed by atoms with Gasteiger partial charge in [0.15, 0.2) is 0 Å². The summed E-state index contributed by atoms with van der Waals surface area (Å²) in [5, 5.41) is 0. The molecule has 0 aliphatic rings. The largest absolute Gasteiger partial charge is 0.495 e. The van der Waals surface area contributed by atoms with Crippen LogP contribution in [-0.4, -0.2) is 12.1 Å². The predicted molar refractivity (Wildman–Crippen MR) is 40.3 cm³/mol. The van der Waals surface area contributed by atoms with Crippen LogP contribution in [0.2, 0.25) is 0 Å². The highest BCUT2D eigenvalue weighted by Gasteiger charge is 2.03. The molecule has 0 aliphatic heterocycles. The van der Waals surface area contributed by atoms with Gasteiger partial charge in [-0.3, -0.25) is 0 Å². The van der Waals surface area contributed by atoms with E-state index in [1.807, 2.05) is 0 Å². The molecule has 0 bridgehead atoms. The van der Waals surface area contributed by atoms with Crippen LogP contribution in [0.1, 0.15) is 5.69 Å². The first-order valence-corrected chi connectivity index (χ1v) is 3.56. The highest BCUT2D eigenvalue weighted by Crippen LogP contribution is 2.17. The van der Waals surface area contributed by atoms with E-state index in [2.05, 4.69) is 4.98 Å². The normalized spacial score (nSPS) is 9.73. The van der Waals surface area contributed by atoms with E-state index in [4.69, 9.17) is 16.3 Å². The fourth-order valence-corrected chi connectivity index (χ4v) is 0.935. The SMILES string of the molecule is COc1ccc(F)nc1CCl. The fourth-order valence-electron chi connectivity index (χ4n) is 0.744. The third kappa shape index (κ3) is 1.80. The Balaban J connectivity index is 3.06. The van der Waals surface area contributed by atoms with Crippen molar-refractivity contribution in [3.63, 3.8) is 0 Å². The van der Waals surface area contributed by atoms with E-state index < -0.39 is 5.95 Å². The second kappa shape index (κ2) is 3.53. The zero-order valence-corrected chi connectivity index (χ0v) is 6.73. The molecule has 0 radical (unpaired) electrons. The third-order valence-electron chi connectivity index (χ3n) is 1.24. The number of ether oxygens (including phenoxy) is 1. The molecule has 2 nitrogen and oxygen atoms in total. The minimum Gasteiger partial charge on any atom is -0.495 e. The van der Waals surface area contributed by atoms with E-state index in [0.29, 0.717) is 11.4 Å². The average molecular weight is 176 g/mol.